The van der Waals surface area contributed by atoms with Gasteiger partial charge in [0, 0.05) is 0 Å². The molecule has 3 heteroatoms. The lowest BCUT2D eigenvalue weighted by Crippen LogP contribution is -2.45. The van der Waals surface area contributed by atoms with Gasteiger partial charge in [0.15, 0.2) is 8.32 Å². The first-order valence-corrected chi connectivity index (χ1v) is 9.49. The normalized spacial score (nSPS) is 13.7. The van der Waals surface area contributed by atoms with Crippen molar-refractivity contribution in [3.8, 4) is 18.1 Å². The van der Waals surface area contributed by atoms with E-state index in [9.17, 15) is 0 Å². The van der Waals surface area contributed by atoms with Gasteiger partial charge in [0.05, 0.1) is 0 Å². The van der Waals surface area contributed by atoms with E-state index in [0.29, 0.717) is 6.61 Å². The standard InChI is InChI=1S/C16H24O2Si/c1-7-14(18-19(5,6)16(2,3)4)13-17-15-11-9-8-10-12-15/h1,8-12,14H,13H2,2-6H3. The minimum atomic E-state index is -1.85. The summed E-state index contributed by atoms with van der Waals surface area (Å²) in [6, 6.07) is 9.67. The lowest BCUT2D eigenvalue weighted by Gasteiger charge is -2.37. The zero-order chi connectivity index (χ0) is 14.5. The smallest absolute Gasteiger partial charge is 0.193 e. The topological polar surface area (TPSA) is 18.5 Å². The van der Waals surface area contributed by atoms with Crippen LogP contribution in [0.5, 0.6) is 5.75 Å². The quantitative estimate of drug-likeness (QED) is 0.596. The van der Waals surface area contributed by atoms with Crippen molar-refractivity contribution in [2.24, 2.45) is 0 Å². The van der Waals surface area contributed by atoms with Crippen LogP contribution in [0.4, 0.5) is 0 Å². The van der Waals surface area contributed by atoms with E-state index in [4.69, 9.17) is 15.6 Å². The molecular weight excluding hydrogens is 252 g/mol. The van der Waals surface area contributed by atoms with E-state index in [0.717, 1.165) is 5.75 Å². The molecule has 19 heavy (non-hydrogen) atoms. The zero-order valence-electron chi connectivity index (χ0n) is 12.6. The Morgan fingerprint density at radius 3 is 2.26 bits per heavy atom. The Morgan fingerprint density at radius 1 is 1.21 bits per heavy atom. The molecule has 0 saturated carbocycles. The van der Waals surface area contributed by atoms with E-state index < -0.39 is 8.32 Å². The fraction of sp³-hybridized carbons (Fsp3) is 0.500. The van der Waals surface area contributed by atoms with Gasteiger partial charge in [0.2, 0.25) is 0 Å². The molecule has 0 heterocycles. The van der Waals surface area contributed by atoms with Crippen LogP contribution >= 0.6 is 0 Å². The van der Waals surface area contributed by atoms with Crippen LogP contribution in [-0.4, -0.2) is 21.0 Å². The number of terminal acetylenes is 1. The van der Waals surface area contributed by atoms with E-state index in [-0.39, 0.29) is 11.1 Å². The third-order valence-electron chi connectivity index (χ3n) is 3.57. The molecule has 0 bridgehead atoms. The van der Waals surface area contributed by atoms with Crippen molar-refractivity contribution in [1.82, 2.24) is 0 Å². The van der Waals surface area contributed by atoms with Crippen molar-refractivity contribution >= 4 is 8.32 Å². The van der Waals surface area contributed by atoms with Gasteiger partial charge in [0.25, 0.3) is 0 Å². The molecule has 1 aromatic carbocycles. The van der Waals surface area contributed by atoms with Gasteiger partial charge in [-0.25, -0.2) is 0 Å². The van der Waals surface area contributed by atoms with Crippen LogP contribution in [0.3, 0.4) is 0 Å². The molecule has 0 N–H and O–H groups in total. The first-order chi connectivity index (χ1) is 8.76. The third-order valence-corrected chi connectivity index (χ3v) is 8.06. The largest absolute Gasteiger partial charge is 0.490 e. The summed E-state index contributed by atoms with van der Waals surface area (Å²) in [5, 5.41) is 0.148. The Labute approximate surface area is 118 Å². The molecule has 0 spiro atoms. The molecule has 0 radical (unpaired) electrons. The summed E-state index contributed by atoms with van der Waals surface area (Å²) in [4.78, 5) is 0. The summed E-state index contributed by atoms with van der Waals surface area (Å²) in [7, 11) is -1.85. The Morgan fingerprint density at radius 2 is 1.79 bits per heavy atom. The number of ether oxygens (including phenoxy) is 1. The fourth-order valence-corrected chi connectivity index (χ4v) is 2.54. The molecule has 1 aromatic rings. The van der Waals surface area contributed by atoms with Crippen molar-refractivity contribution in [2.45, 2.75) is 45.0 Å². The second-order valence-electron chi connectivity index (χ2n) is 6.16. The molecule has 1 rings (SSSR count). The molecule has 0 aliphatic rings. The Bertz CT molecular complexity index is 426. The highest BCUT2D eigenvalue weighted by Gasteiger charge is 2.39. The van der Waals surface area contributed by atoms with Crippen molar-refractivity contribution in [2.75, 3.05) is 6.61 Å². The highest BCUT2D eigenvalue weighted by molar-refractivity contribution is 6.74. The predicted octanol–water partition coefficient (Wildman–Crippen LogP) is 4.09. The summed E-state index contributed by atoms with van der Waals surface area (Å²) >= 11 is 0. The van der Waals surface area contributed by atoms with Gasteiger partial charge in [-0.2, -0.15) is 0 Å². The SMILES string of the molecule is C#CC(COc1ccccc1)O[Si](C)(C)C(C)(C)C. The first kappa shape index (κ1) is 15.8. The second-order valence-corrected chi connectivity index (χ2v) is 10.9. The highest BCUT2D eigenvalue weighted by Crippen LogP contribution is 2.37. The monoisotopic (exact) mass is 276 g/mol. The first-order valence-electron chi connectivity index (χ1n) is 6.58. The molecule has 0 aliphatic heterocycles. The van der Waals surface area contributed by atoms with Gasteiger partial charge in [-0.05, 0) is 30.3 Å². The number of benzene rings is 1. The Kier molecular flexibility index (Phi) is 5.22. The van der Waals surface area contributed by atoms with Crippen molar-refractivity contribution in [1.29, 1.82) is 0 Å². The minimum absolute atomic E-state index is 0.148. The summed E-state index contributed by atoms with van der Waals surface area (Å²) in [6.45, 7) is 11.4. The molecule has 0 amide bonds. The van der Waals surface area contributed by atoms with E-state index in [2.05, 4.69) is 39.8 Å². The average Bonchev–Trinajstić information content (AvgIpc) is 2.34. The van der Waals surface area contributed by atoms with Gasteiger partial charge in [-0.3, -0.25) is 0 Å². The van der Waals surface area contributed by atoms with E-state index in [1.807, 2.05) is 30.3 Å². The number of para-hydroxylation sites is 1. The number of hydrogen-bond acceptors (Lipinski definition) is 2. The van der Waals surface area contributed by atoms with Crippen LogP contribution in [0.1, 0.15) is 20.8 Å². The molecule has 1 unspecified atom stereocenters. The lowest BCUT2D eigenvalue weighted by molar-refractivity contribution is 0.157. The maximum Gasteiger partial charge on any atom is 0.193 e. The van der Waals surface area contributed by atoms with Gasteiger partial charge >= 0.3 is 0 Å². The Balaban J connectivity index is 2.59. The molecular formula is C16H24O2Si. The van der Waals surface area contributed by atoms with Crippen LogP contribution < -0.4 is 4.74 Å². The molecule has 2 nitrogen and oxygen atoms in total. The van der Waals surface area contributed by atoms with Crippen LogP contribution in [-0.2, 0) is 4.43 Å². The van der Waals surface area contributed by atoms with Gasteiger partial charge in [-0.1, -0.05) is 44.9 Å². The lowest BCUT2D eigenvalue weighted by atomic mass is 10.2. The van der Waals surface area contributed by atoms with Crippen molar-refractivity contribution in [3.05, 3.63) is 30.3 Å². The second kappa shape index (κ2) is 6.27. The summed E-state index contributed by atoms with van der Waals surface area (Å²) in [6.07, 6.45) is 5.26. The summed E-state index contributed by atoms with van der Waals surface area (Å²) < 4.78 is 11.8. The molecule has 0 aromatic heterocycles. The molecule has 0 saturated heterocycles. The maximum absolute atomic E-state index is 6.15. The van der Waals surface area contributed by atoms with Crippen LogP contribution in [0, 0.1) is 12.3 Å². The zero-order valence-corrected chi connectivity index (χ0v) is 13.6. The van der Waals surface area contributed by atoms with E-state index in [1.165, 1.54) is 0 Å². The number of hydrogen-bond donors (Lipinski definition) is 0. The van der Waals surface area contributed by atoms with Gasteiger partial charge in [-0.15, -0.1) is 6.42 Å². The predicted molar refractivity (Wildman–Crippen MR) is 82.8 cm³/mol. The molecule has 104 valence electrons. The average molecular weight is 276 g/mol. The highest BCUT2D eigenvalue weighted by atomic mass is 28.4. The van der Waals surface area contributed by atoms with Gasteiger partial charge < -0.3 is 9.16 Å². The maximum atomic E-state index is 6.15. The van der Waals surface area contributed by atoms with Crippen LogP contribution in [0.2, 0.25) is 18.1 Å². The Hall–Kier alpha value is -1.24. The van der Waals surface area contributed by atoms with Crippen LogP contribution in [0.25, 0.3) is 0 Å². The fourth-order valence-electron chi connectivity index (χ4n) is 1.34. The van der Waals surface area contributed by atoms with Crippen LogP contribution in [0.15, 0.2) is 30.3 Å². The summed E-state index contributed by atoms with van der Waals surface area (Å²) in [5.41, 5.74) is 0. The third kappa shape index (κ3) is 4.74. The van der Waals surface area contributed by atoms with Gasteiger partial charge in [0.1, 0.15) is 18.5 Å². The summed E-state index contributed by atoms with van der Waals surface area (Å²) in [5.74, 6) is 3.51. The molecule has 0 aliphatic carbocycles. The molecule has 1 atom stereocenters. The van der Waals surface area contributed by atoms with E-state index in [1.54, 1.807) is 0 Å². The van der Waals surface area contributed by atoms with Crippen molar-refractivity contribution < 1.29 is 9.16 Å². The number of rotatable bonds is 5. The van der Waals surface area contributed by atoms with E-state index >= 15 is 0 Å². The van der Waals surface area contributed by atoms with Crippen molar-refractivity contribution in [3.63, 3.8) is 0 Å². The minimum Gasteiger partial charge on any atom is -0.490 e. The molecule has 0 fully saturated rings.